The smallest absolute Gasteiger partial charge is 0.0739 e. The van der Waals surface area contributed by atoms with Gasteiger partial charge in [-0.05, 0) is 55.7 Å². The van der Waals surface area contributed by atoms with Crippen molar-refractivity contribution in [1.82, 2.24) is 20.0 Å². The van der Waals surface area contributed by atoms with Gasteiger partial charge in [-0.25, -0.2) is 0 Å². The summed E-state index contributed by atoms with van der Waals surface area (Å²) in [5.74, 6) is 0. The minimum absolute atomic E-state index is 0.892. The third kappa shape index (κ3) is 4.04. The zero-order valence-corrected chi connectivity index (χ0v) is 13.7. The number of likely N-dealkylation sites (tertiary alicyclic amines) is 1. The third-order valence-corrected chi connectivity index (χ3v) is 4.83. The number of aryl methyl sites for hydroxylation is 2. The van der Waals surface area contributed by atoms with Gasteiger partial charge in [-0.3, -0.25) is 4.68 Å². The quantitative estimate of drug-likeness (QED) is 0.815. The fourth-order valence-electron chi connectivity index (χ4n) is 2.66. The van der Waals surface area contributed by atoms with Gasteiger partial charge in [-0.1, -0.05) is 6.42 Å². The van der Waals surface area contributed by atoms with Crippen LogP contribution in [0.5, 0.6) is 0 Å². The molecule has 0 unspecified atom stereocenters. The summed E-state index contributed by atoms with van der Waals surface area (Å²) in [6.07, 6.45) is 4.15. The van der Waals surface area contributed by atoms with Gasteiger partial charge in [0.1, 0.15) is 0 Å². The van der Waals surface area contributed by atoms with Crippen LogP contribution in [0.1, 0.15) is 37.6 Å². The highest BCUT2D eigenvalue weighted by molar-refractivity contribution is 9.10. The fourth-order valence-corrected chi connectivity index (χ4v) is 3.09. The van der Waals surface area contributed by atoms with Crippen molar-refractivity contribution < 1.29 is 0 Å². The van der Waals surface area contributed by atoms with Crippen molar-refractivity contribution in [1.29, 1.82) is 0 Å². The van der Waals surface area contributed by atoms with Crippen LogP contribution in [-0.4, -0.2) is 40.9 Å². The maximum atomic E-state index is 4.52. The first-order chi connectivity index (χ1) is 9.22. The third-order valence-electron chi connectivity index (χ3n) is 3.80. The van der Waals surface area contributed by atoms with E-state index in [0.717, 1.165) is 36.3 Å². The molecule has 1 aromatic heterocycles. The van der Waals surface area contributed by atoms with E-state index >= 15 is 0 Å². The molecule has 1 aliphatic rings. The lowest BCUT2D eigenvalue weighted by atomic mass is 10.1. The molecule has 5 heteroatoms. The Morgan fingerprint density at radius 1 is 1.26 bits per heavy atom. The Morgan fingerprint density at radius 2 is 2.00 bits per heavy atom. The number of hydrogen-bond acceptors (Lipinski definition) is 3. The molecule has 2 rings (SSSR count). The summed E-state index contributed by atoms with van der Waals surface area (Å²) in [6.45, 7) is 10.8. The highest BCUT2D eigenvalue weighted by atomic mass is 79.9. The number of halogens is 1. The molecule has 0 amide bonds. The molecule has 1 aromatic rings. The lowest BCUT2D eigenvalue weighted by Crippen LogP contribution is -2.35. The van der Waals surface area contributed by atoms with E-state index in [-0.39, 0.29) is 0 Å². The molecule has 0 radical (unpaired) electrons. The molecule has 108 valence electrons. The second-order valence-corrected chi connectivity index (χ2v) is 6.03. The molecule has 0 atom stereocenters. The van der Waals surface area contributed by atoms with Crippen molar-refractivity contribution in [2.24, 2.45) is 0 Å². The van der Waals surface area contributed by atoms with E-state index in [4.69, 9.17) is 0 Å². The molecule has 0 saturated carbocycles. The average molecular weight is 329 g/mol. The van der Waals surface area contributed by atoms with E-state index in [1.807, 2.05) is 6.92 Å². The molecular weight excluding hydrogens is 304 g/mol. The van der Waals surface area contributed by atoms with Crippen molar-refractivity contribution in [2.75, 3.05) is 26.2 Å². The Balaban J connectivity index is 1.76. The molecule has 1 fully saturated rings. The standard InChI is InChI=1S/C14H25BrN4/c1-3-19-13(14(15)12(2)17-19)11-16-7-10-18-8-5-4-6-9-18/h16H,3-11H2,1-2H3. The topological polar surface area (TPSA) is 33.1 Å². The average Bonchev–Trinajstić information content (AvgIpc) is 2.72. The van der Waals surface area contributed by atoms with Gasteiger partial charge >= 0.3 is 0 Å². The molecule has 0 aromatic carbocycles. The Labute approximate surface area is 124 Å². The number of nitrogens with zero attached hydrogens (tertiary/aromatic N) is 3. The predicted molar refractivity (Wildman–Crippen MR) is 82.3 cm³/mol. The summed E-state index contributed by atoms with van der Waals surface area (Å²) in [4.78, 5) is 2.56. The summed E-state index contributed by atoms with van der Waals surface area (Å²) >= 11 is 3.64. The molecule has 19 heavy (non-hydrogen) atoms. The predicted octanol–water partition coefficient (Wildman–Crippen LogP) is 2.55. The van der Waals surface area contributed by atoms with E-state index in [1.54, 1.807) is 0 Å². The Kier molecular flexibility index (Phi) is 5.85. The summed E-state index contributed by atoms with van der Waals surface area (Å²) in [5, 5.41) is 8.06. The van der Waals surface area contributed by atoms with Gasteiger partial charge in [0.15, 0.2) is 0 Å². The van der Waals surface area contributed by atoms with Gasteiger partial charge in [-0.2, -0.15) is 5.10 Å². The molecular formula is C14H25BrN4. The highest BCUT2D eigenvalue weighted by Crippen LogP contribution is 2.20. The summed E-state index contributed by atoms with van der Waals surface area (Å²) in [7, 11) is 0. The maximum absolute atomic E-state index is 4.52. The van der Waals surface area contributed by atoms with Gasteiger partial charge < -0.3 is 10.2 Å². The second kappa shape index (κ2) is 7.41. The van der Waals surface area contributed by atoms with Gasteiger partial charge in [0, 0.05) is 26.2 Å². The van der Waals surface area contributed by atoms with Crippen molar-refractivity contribution in [2.45, 2.75) is 46.2 Å². The number of nitrogens with one attached hydrogen (secondary N) is 1. The number of piperidine rings is 1. The molecule has 0 spiro atoms. The molecule has 2 heterocycles. The van der Waals surface area contributed by atoms with E-state index < -0.39 is 0 Å². The minimum atomic E-state index is 0.892. The van der Waals surface area contributed by atoms with Crippen LogP contribution in [0.25, 0.3) is 0 Å². The zero-order chi connectivity index (χ0) is 13.7. The van der Waals surface area contributed by atoms with E-state index in [9.17, 15) is 0 Å². The van der Waals surface area contributed by atoms with Crippen LogP contribution >= 0.6 is 15.9 Å². The number of rotatable bonds is 6. The zero-order valence-electron chi connectivity index (χ0n) is 12.1. The van der Waals surface area contributed by atoms with Crippen LogP contribution in [0.15, 0.2) is 4.47 Å². The summed E-state index contributed by atoms with van der Waals surface area (Å²) < 4.78 is 3.23. The highest BCUT2D eigenvalue weighted by Gasteiger charge is 2.12. The van der Waals surface area contributed by atoms with Crippen LogP contribution in [0.3, 0.4) is 0 Å². The van der Waals surface area contributed by atoms with Crippen molar-refractivity contribution in [3.63, 3.8) is 0 Å². The number of hydrogen-bond donors (Lipinski definition) is 1. The SMILES string of the molecule is CCn1nc(C)c(Br)c1CNCCN1CCCCC1. The largest absolute Gasteiger partial charge is 0.310 e. The van der Waals surface area contributed by atoms with Crippen molar-refractivity contribution >= 4 is 15.9 Å². The molecule has 1 N–H and O–H groups in total. The Bertz CT molecular complexity index is 396. The Hall–Kier alpha value is -0.390. The molecule has 1 aliphatic heterocycles. The van der Waals surface area contributed by atoms with Gasteiger partial charge in [0.2, 0.25) is 0 Å². The van der Waals surface area contributed by atoms with E-state index in [1.165, 1.54) is 38.0 Å². The maximum Gasteiger partial charge on any atom is 0.0739 e. The first-order valence-electron chi connectivity index (χ1n) is 7.37. The lowest BCUT2D eigenvalue weighted by Gasteiger charge is -2.26. The van der Waals surface area contributed by atoms with Crippen LogP contribution in [0, 0.1) is 6.92 Å². The van der Waals surface area contributed by atoms with Crippen LogP contribution in [0.2, 0.25) is 0 Å². The van der Waals surface area contributed by atoms with Crippen molar-refractivity contribution in [3.05, 3.63) is 15.9 Å². The summed E-state index contributed by atoms with van der Waals surface area (Å²) in [5.41, 5.74) is 2.34. The van der Waals surface area contributed by atoms with Gasteiger partial charge in [0.05, 0.1) is 15.9 Å². The van der Waals surface area contributed by atoms with E-state index in [0.29, 0.717) is 0 Å². The monoisotopic (exact) mass is 328 g/mol. The molecule has 1 saturated heterocycles. The number of aromatic nitrogens is 2. The lowest BCUT2D eigenvalue weighted by molar-refractivity contribution is 0.228. The second-order valence-electron chi connectivity index (χ2n) is 5.24. The van der Waals surface area contributed by atoms with Crippen LogP contribution < -0.4 is 5.32 Å². The van der Waals surface area contributed by atoms with Crippen molar-refractivity contribution in [3.8, 4) is 0 Å². The van der Waals surface area contributed by atoms with Gasteiger partial charge in [-0.15, -0.1) is 0 Å². The molecule has 0 bridgehead atoms. The first-order valence-corrected chi connectivity index (χ1v) is 8.16. The molecule has 0 aliphatic carbocycles. The fraction of sp³-hybridized carbons (Fsp3) is 0.786. The van der Waals surface area contributed by atoms with E-state index in [2.05, 4.69) is 42.9 Å². The van der Waals surface area contributed by atoms with Crippen LogP contribution in [-0.2, 0) is 13.1 Å². The summed E-state index contributed by atoms with van der Waals surface area (Å²) in [6, 6.07) is 0. The normalized spacial score (nSPS) is 17.0. The van der Waals surface area contributed by atoms with Gasteiger partial charge in [0.25, 0.3) is 0 Å². The Morgan fingerprint density at radius 3 is 2.68 bits per heavy atom. The molecule has 4 nitrogen and oxygen atoms in total. The van der Waals surface area contributed by atoms with Crippen LogP contribution in [0.4, 0.5) is 0 Å². The first kappa shape index (κ1) is 15.0. The minimum Gasteiger partial charge on any atom is -0.310 e.